The van der Waals surface area contributed by atoms with E-state index in [2.05, 4.69) is 10.3 Å². The second-order valence-electron chi connectivity index (χ2n) is 7.97. The van der Waals surface area contributed by atoms with E-state index in [1.54, 1.807) is 17.2 Å². The minimum atomic E-state index is -4.43. The molecule has 0 aliphatic carbocycles. The van der Waals surface area contributed by atoms with E-state index in [-0.39, 0.29) is 23.8 Å². The Labute approximate surface area is 195 Å². The van der Waals surface area contributed by atoms with Crippen LogP contribution >= 0.6 is 0 Å². The number of nitrogens with one attached hydrogen (secondary N) is 1. The zero-order chi connectivity index (χ0) is 24.1. The van der Waals surface area contributed by atoms with Crippen LogP contribution in [0.1, 0.15) is 21.5 Å². The molecule has 2 amide bonds. The van der Waals surface area contributed by atoms with E-state index in [0.717, 1.165) is 23.5 Å². The first-order valence-electron chi connectivity index (χ1n) is 10.8. The standard InChI is InChI=1S/C25H23F3N4O2/c26-25(27,28)20-8-6-19(7-9-20)24(34)32-14-12-31(13-15-32)22-11-10-21(17-29-22)30-23(33)16-18-4-2-1-3-5-18/h1-11,17H,12-16H2,(H,30,33). The van der Waals surface area contributed by atoms with Gasteiger partial charge in [0.1, 0.15) is 5.82 Å². The van der Waals surface area contributed by atoms with Gasteiger partial charge in [0, 0.05) is 31.7 Å². The van der Waals surface area contributed by atoms with Gasteiger partial charge >= 0.3 is 6.18 Å². The van der Waals surface area contributed by atoms with Crippen molar-refractivity contribution in [2.75, 3.05) is 36.4 Å². The maximum Gasteiger partial charge on any atom is 0.416 e. The molecule has 1 fully saturated rings. The van der Waals surface area contributed by atoms with Crippen LogP contribution in [0.3, 0.4) is 0 Å². The molecule has 2 heterocycles. The lowest BCUT2D eigenvalue weighted by atomic mass is 10.1. The van der Waals surface area contributed by atoms with Crippen LogP contribution in [0.25, 0.3) is 0 Å². The highest BCUT2D eigenvalue weighted by molar-refractivity contribution is 5.94. The second-order valence-corrected chi connectivity index (χ2v) is 7.97. The highest BCUT2D eigenvalue weighted by Gasteiger charge is 2.30. The molecule has 0 spiro atoms. The first kappa shape index (κ1) is 23.3. The summed E-state index contributed by atoms with van der Waals surface area (Å²) in [5.41, 5.74) is 0.976. The van der Waals surface area contributed by atoms with Gasteiger partial charge in [0.15, 0.2) is 0 Å². The number of amides is 2. The van der Waals surface area contributed by atoms with E-state index in [1.807, 2.05) is 41.3 Å². The Hall–Kier alpha value is -3.88. The molecule has 0 bridgehead atoms. The molecule has 1 aliphatic rings. The Balaban J connectivity index is 1.29. The number of piperazine rings is 1. The van der Waals surface area contributed by atoms with Gasteiger partial charge in [0.05, 0.1) is 23.9 Å². The van der Waals surface area contributed by atoms with Gasteiger partial charge in [-0.1, -0.05) is 30.3 Å². The lowest BCUT2D eigenvalue weighted by molar-refractivity contribution is -0.137. The molecular formula is C25H23F3N4O2. The molecule has 0 atom stereocenters. The third-order valence-electron chi connectivity index (χ3n) is 5.59. The highest BCUT2D eigenvalue weighted by Crippen LogP contribution is 2.29. The van der Waals surface area contributed by atoms with Crippen LogP contribution in [0.5, 0.6) is 0 Å². The van der Waals surface area contributed by atoms with Gasteiger partial charge in [-0.15, -0.1) is 0 Å². The maximum absolute atomic E-state index is 12.7. The van der Waals surface area contributed by atoms with Gasteiger partial charge in [-0.25, -0.2) is 4.98 Å². The molecule has 1 aliphatic heterocycles. The number of carbonyl (C=O) groups excluding carboxylic acids is 2. The first-order valence-corrected chi connectivity index (χ1v) is 10.8. The van der Waals surface area contributed by atoms with Crippen LogP contribution in [-0.4, -0.2) is 47.9 Å². The van der Waals surface area contributed by atoms with E-state index >= 15 is 0 Å². The summed E-state index contributed by atoms with van der Waals surface area (Å²) in [4.78, 5) is 32.9. The molecule has 6 nitrogen and oxygen atoms in total. The van der Waals surface area contributed by atoms with Crippen molar-refractivity contribution < 1.29 is 22.8 Å². The summed E-state index contributed by atoms with van der Waals surface area (Å²) in [6.07, 6.45) is -2.56. The van der Waals surface area contributed by atoms with Crippen LogP contribution in [-0.2, 0) is 17.4 Å². The van der Waals surface area contributed by atoms with E-state index in [9.17, 15) is 22.8 Å². The molecule has 1 aromatic heterocycles. The molecule has 0 unspecified atom stereocenters. The Bertz CT molecular complexity index is 1130. The Morgan fingerprint density at radius 3 is 2.15 bits per heavy atom. The van der Waals surface area contributed by atoms with Crippen LogP contribution in [0.2, 0.25) is 0 Å². The van der Waals surface area contributed by atoms with Gasteiger partial charge in [0.2, 0.25) is 5.91 Å². The molecule has 1 N–H and O–H groups in total. The van der Waals surface area contributed by atoms with Crippen molar-refractivity contribution in [1.82, 2.24) is 9.88 Å². The van der Waals surface area contributed by atoms with Crippen molar-refractivity contribution in [2.45, 2.75) is 12.6 Å². The highest BCUT2D eigenvalue weighted by atomic mass is 19.4. The number of hydrogen-bond acceptors (Lipinski definition) is 4. The topological polar surface area (TPSA) is 65.5 Å². The van der Waals surface area contributed by atoms with E-state index in [1.165, 1.54) is 12.1 Å². The largest absolute Gasteiger partial charge is 0.416 e. The summed E-state index contributed by atoms with van der Waals surface area (Å²) in [5, 5.41) is 2.83. The Morgan fingerprint density at radius 2 is 1.56 bits per heavy atom. The summed E-state index contributed by atoms with van der Waals surface area (Å²) in [5.74, 6) is 0.302. The SMILES string of the molecule is O=C(Cc1ccccc1)Nc1ccc(N2CCN(C(=O)c3ccc(C(F)(F)F)cc3)CC2)nc1. The summed E-state index contributed by atoms with van der Waals surface area (Å²) in [7, 11) is 0. The molecule has 0 saturated carbocycles. The zero-order valence-electron chi connectivity index (χ0n) is 18.3. The summed E-state index contributed by atoms with van der Waals surface area (Å²) in [6, 6.07) is 17.3. The number of rotatable bonds is 5. The van der Waals surface area contributed by atoms with Crippen LogP contribution < -0.4 is 10.2 Å². The quantitative estimate of drug-likeness (QED) is 0.608. The number of anilines is 2. The lowest BCUT2D eigenvalue weighted by Gasteiger charge is -2.35. The summed E-state index contributed by atoms with van der Waals surface area (Å²) in [6.45, 7) is 1.94. The van der Waals surface area contributed by atoms with Gasteiger partial charge in [-0.05, 0) is 42.0 Å². The number of hydrogen-bond donors (Lipinski definition) is 1. The summed E-state index contributed by atoms with van der Waals surface area (Å²) < 4.78 is 38.2. The molecule has 1 saturated heterocycles. The number of halogens is 3. The molecule has 9 heteroatoms. The predicted octanol–water partition coefficient (Wildman–Crippen LogP) is 4.24. The predicted molar refractivity (Wildman–Crippen MR) is 123 cm³/mol. The number of nitrogens with zero attached hydrogens (tertiary/aromatic N) is 3. The van der Waals surface area contributed by atoms with Crippen molar-refractivity contribution in [3.05, 3.63) is 89.6 Å². The molecule has 3 aromatic rings. The normalized spacial score (nSPS) is 14.1. The van der Waals surface area contributed by atoms with Gasteiger partial charge < -0.3 is 15.1 Å². The van der Waals surface area contributed by atoms with Crippen molar-refractivity contribution in [3.63, 3.8) is 0 Å². The number of carbonyl (C=O) groups is 2. The van der Waals surface area contributed by atoms with Crippen molar-refractivity contribution in [2.24, 2.45) is 0 Å². The fourth-order valence-electron chi connectivity index (χ4n) is 3.76. The Kier molecular flexibility index (Phi) is 6.81. The average molecular weight is 468 g/mol. The van der Waals surface area contributed by atoms with E-state index in [0.29, 0.717) is 31.9 Å². The fourth-order valence-corrected chi connectivity index (χ4v) is 3.76. The molecule has 34 heavy (non-hydrogen) atoms. The molecule has 176 valence electrons. The summed E-state index contributed by atoms with van der Waals surface area (Å²) >= 11 is 0. The number of pyridine rings is 1. The van der Waals surface area contributed by atoms with Crippen molar-refractivity contribution in [3.8, 4) is 0 Å². The van der Waals surface area contributed by atoms with Crippen molar-refractivity contribution >= 4 is 23.3 Å². The monoisotopic (exact) mass is 468 g/mol. The minimum Gasteiger partial charge on any atom is -0.353 e. The van der Waals surface area contributed by atoms with E-state index in [4.69, 9.17) is 0 Å². The molecule has 4 rings (SSSR count). The molecule has 0 radical (unpaired) electrons. The third kappa shape index (κ3) is 5.72. The van der Waals surface area contributed by atoms with Gasteiger partial charge in [0.25, 0.3) is 5.91 Å². The third-order valence-corrected chi connectivity index (χ3v) is 5.59. The van der Waals surface area contributed by atoms with E-state index < -0.39 is 11.7 Å². The molecular weight excluding hydrogens is 445 g/mol. The minimum absolute atomic E-state index is 0.129. The van der Waals surface area contributed by atoms with Crippen molar-refractivity contribution in [1.29, 1.82) is 0 Å². The first-order chi connectivity index (χ1) is 16.3. The zero-order valence-corrected chi connectivity index (χ0v) is 18.3. The van der Waals surface area contributed by atoms with Gasteiger partial charge in [-0.3, -0.25) is 9.59 Å². The fraction of sp³-hybridized carbons (Fsp3) is 0.240. The van der Waals surface area contributed by atoms with Crippen LogP contribution in [0.15, 0.2) is 72.9 Å². The van der Waals surface area contributed by atoms with Crippen LogP contribution in [0, 0.1) is 0 Å². The Morgan fingerprint density at radius 1 is 0.882 bits per heavy atom. The average Bonchev–Trinajstić information content (AvgIpc) is 2.84. The maximum atomic E-state index is 12.7. The van der Waals surface area contributed by atoms with Gasteiger partial charge in [-0.2, -0.15) is 13.2 Å². The molecule has 2 aromatic carbocycles. The number of aromatic nitrogens is 1. The lowest BCUT2D eigenvalue weighted by Crippen LogP contribution is -2.49. The smallest absolute Gasteiger partial charge is 0.353 e. The number of alkyl halides is 3. The van der Waals surface area contributed by atoms with Crippen LogP contribution in [0.4, 0.5) is 24.7 Å². The second kappa shape index (κ2) is 9.94. The number of benzene rings is 2.